The smallest absolute Gasteiger partial charge is 0.466 e. The Kier molecular flexibility index (Phi) is 5.40. The van der Waals surface area contributed by atoms with Gasteiger partial charge in [-0.15, -0.1) is 0 Å². The zero-order valence-corrected chi connectivity index (χ0v) is 15.3. The predicted octanol–water partition coefficient (Wildman–Crippen LogP) is 3.80. The molecule has 0 radical (unpaired) electrons. The van der Waals surface area contributed by atoms with E-state index in [9.17, 15) is 9.18 Å². The van der Waals surface area contributed by atoms with Crippen molar-refractivity contribution in [3.63, 3.8) is 0 Å². The van der Waals surface area contributed by atoms with Crippen molar-refractivity contribution < 1.29 is 23.2 Å². The van der Waals surface area contributed by atoms with Gasteiger partial charge in [-0.3, -0.25) is 4.79 Å². The summed E-state index contributed by atoms with van der Waals surface area (Å²) in [5.41, 5.74) is 0.167. The molecule has 1 aliphatic heterocycles. The number of hydrogen-bond acceptors (Lipinski definition) is 4. The van der Waals surface area contributed by atoms with Crippen LogP contribution in [0.2, 0.25) is 0 Å². The van der Waals surface area contributed by atoms with Crippen molar-refractivity contribution in [1.29, 1.82) is 0 Å². The van der Waals surface area contributed by atoms with Gasteiger partial charge in [-0.05, 0) is 58.7 Å². The molecule has 0 aromatic heterocycles. The molecule has 0 saturated carbocycles. The number of rotatable bonds is 5. The molecule has 1 aromatic carbocycles. The van der Waals surface area contributed by atoms with E-state index in [0.717, 1.165) is 0 Å². The summed E-state index contributed by atoms with van der Waals surface area (Å²) in [7, 11) is -0.639. The Morgan fingerprint density at radius 3 is 2.38 bits per heavy atom. The Hall–Kier alpha value is -1.40. The summed E-state index contributed by atoms with van der Waals surface area (Å²) in [6.45, 7) is 11.6. The maximum atomic E-state index is 14.0. The molecule has 0 amide bonds. The van der Waals surface area contributed by atoms with Crippen molar-refractivity contribution in [2.75, 3.05) is 6.61 Å². The van der Waals surface area contributed by atoms with Crippen molar-refractivity contribution >= 4 is 13.1 Å². The lowest BCUT2D eigenvalue weighted by Crippen LogP contribution is -2.41. The van der Waals surface area contributed by atoms with E-state index in [1.165, 1.54) is 6.07 Å². The highest BCUT2D eigenvalue weighted by molar-refractivity contribution is 6.48. The number of benzene rings is 1. The van der Waals surface area contributed by atoms with Crippen LogP contribution in [0.3, 0.4) is 0 Å². The standard InChI is InChI=1S/C18H26BFO4/c1-7-22-16(21)11-14(13-9-8-10-15(20)12(13)2)19-23-17(3,4)18(5,6)24-19/h8-10,14H,7,11H2,1-6H3. The molecule has 1 aliphatic rings. The molecular weight excluding hydrogens is 310 g/mol. The Labute approximate surface area is 143 Å². The zero-order chi connectivity index (χ0) is 18.1. The number of ether oxygens (including phenoxy) is 1. The van der Waals surface area contributed by atoms with Crippen molar-refractivity contribution in [3.8, 4) is 0 Å². The number of esters is 1. The highest BCUT2D eigenvalue weighted by atomic mass is 19.1. The third-order valence-electron chi connectivity index (χ3n) is 5.00. The van der Waals surface area contributed by atoms with Gasteiger partial charge in [0.05, 0.1) is 24.2 Å². The first-order valence-corrected chi connectivity index (χ1v) is 8.35. The number of carbonyl (C=O) groups is 1. The average molecular weight is 336 g/mol. The third kappa shape index (κ3) is 3.65. The first kappa shape index (κ1) is 18.9. The van der Waals surface area contributed by atoms with Crippen LogP contribution in [-0.4, -0.2) is 30.9 Å². The summed E-state index contributed by atoms with van der Waals surface area (Å²) in [4.78, 5) is 12.1. The fraction of sp³-hybridized carbons (Fsp3) is 0.611. The summed E-state index contributed by atoms with van der Waals surface area (Å²) in [6, 6.07) is 4.86. The fourth-order valence-corrected chi connectivity index (χ4v) is 2.83. The van der Waals surface area contributed by atoms with Gasteiger partial charge in [0.15, 0.2) is 0 Å². The van der Waals surface area contributed by atoms with Gasteiger partial charge in [0.25, 0.3) is 0 Å². The molecular formula is C18H26BFO4. The van der Waals surface area contributed by atoms with Gasteiger partial charge in [-0.1, -0.05) is 12.1 Å². The minimum Gasteiger partial charge on any atom is -0.466 e. The molecule has 0 spiro atoms. The summed E-state index contributed by atoms with van der Waals surface area (Å²) < 4.78 is 31.3. The number of hydrogen-bond donors (Lipinski definition) is 0. The molecule has 1 fully saturated rings. The molecule has 1 saturated heterocycles. The molecule has 2 rings (SSSR count). The normalized spacial score (nSPS) is 20.0. The van der Waals surface area contributed by atoms with E-state index in [2.05, 4.69) is 0 Å². The van der Waals surface area contributed by atoms with Crippen LogP contribution in [0.5, 0.6) is 0 Å². The fourth-order valence-electron chi connectivity index (χ4n) is 2.83. The van der Waals surface area contributed by atoms with E-state index >= 15 is 0 Å². The summed E-state index contributed by atoms with van der Waals surface area (Å²) in [6.07, 6.45) is 0.0783. The molecule has 0 bridgehead atoms. The monoisotopic (exact) mass is 336 g/mol. The van der Waals surface area contributed by atoms with E-state index in [1.807, 2.05) is 33.8 Å². The van der Waals surface area contributed by atoms with E-state index in [4.69, 9.17) is 14.0 Å². The highest BCUT2D eigenvalue weighted by Gasteiger charge is 2.54. The largest absolute Gasteiger partial charge is 0.466 e. The van der Waals surface area contributed by atoms with Crippen molar-refractivity contribution in [3.05, 3.63) is 35.1 Å². The van der Waals surface area contributed by atoms with Crippen LogP contribution in [0.4, 0.5) is 4.39 Å². The van der Waals surface area contributed by atoms with Crippen LogP contribution in [0.25, 0.3) is 0 Å². The molecule has 1 unspecified atom stereocenters. The van der Waals surface area contributed by atoms with Crippen LogP contribution < -0.4 is 0 Å². The Morgan fingerprint density at radius 1 is 1.25 bits per heavy atom. The topological polar surface area (TPSA) is 44.8 Å². The van der Waals surface area contributed by atoms with Crippen LogP contribution in [-0.2, 0) is 18.8 Å². The van der Waals surface area contributed by atoms with Crippen LogP contribution in [0, 0.1) is 12.7 Å². The predicted molar refractivity (Wildman–Crippen MR) is 91.2 cm³/mol. The lowest BCUT2D eigenvalue weighted by Gasteiger charge is -2.32. The van der Waals surface area contributed by atoms with Crippen LogP contribution in [0.1, 0.15) is 58.0 Å². The Bertz CT molecular complexity index is 599. The summed E-state index contributed by atoms with van der Waals surface area (Å²) >= 11 is 0. The molecule has 132 valence electrons. The van der Waals surface area contributed by atoms with Crippen LogP contribution in [0.15, 0.2) is 18.2 Å². The van der Waals surface area contributed by atoms with Crippen molar-refractivity contribution in [1.82, 2.24) is 0 Å². The zero-order valence-electron chi connectivity index (χ0n) is 15.3. The van der Waals surface area contributed by atoms with E-state index < -0.39 is 24.1 Å². The molecule has 0 aliphatic carbocycles. The van der Waals surface area contributed by atoms with Gasteiger partial charge in [-0.2, -0.15) is 0 Å². The lowest BCUT2D eigenvalue weighted by molar-refractivity contribution is -0.143. The highest BCUT2D eigenvalue weighted by Crippen LogP contribution is 2.42. The Morgan fingerprint density at radius 2 is 1.83 bits per heavy atom. The van der Waals surface area contributed by atoms with Gasteiger partial charge >= 0.3 is 13.1 Å². The maximum Gasteiger partial charge on any atom is 0.466 e. The van der Waals surface area contributed by atoms with Crippen molar-refractivity contribution in [2.24, 2.45) is 0 Å². The SMILES string of the molecule is CCOC(=O)CC(B1OC(C)(C)C(C)(C)O1)c1cccc(F)c1C. The number of carbonyl (C=O) groups excluding carboxylic acids is 1. The van der Waals surface area contributed by atoms with E-state index in [0.29, 0.717) is 17.7 Å². The van der Waals surface area contributed by atoms with Crippen LogP contribution >= 0.6 is 0 Å². The molecule has 1 aromatic rings. The second kappa shape index (κ2) is 6.85. The first-order chi connectivity index (χ1) is 11.1. The summed E-state index contributed by atoms with van der Waals surface area (Å²) in [5.74, 6) is -1.08. The first-order valence-electron chi connectivity index (χ1n) is 8.35. The lowest BCUT2D eigenvalue weighted by atomic mass is 9.65. The molecule has 0 N–H and O–H groups in total. The van der Waals surface area contributed by atoms with Gasteiger partial charge in [-0.25, -0.2) is 4.39 Å². The van der Waals surface area contributed by atoms with Gasteiger partial charge in [0, 0.05) is 5.82 Å². The van der Waals surface area contributed by atoms with Gasteiger partial charge in [0.1, 0.15) is 5.82 Å². The number of halogens is 1. The Balaban J connectivity index is 2.37. The molecule has 4 nitrogen and oxygen atoms in total. The maximum absolute atomic E-state index is 14.0. The molecule has 24 heavy (non-hydrogen) atoms. The second-order valence-electron chi connectivity index (χ2n) is 7.19. The van der Waals surface area contributed by atoms with Gasteiger partial charge < -0.3 is 14.0 Å². The minimum atomic E-state index is -0.639. The minimum absolute atomic E-state index is 0.0783. The molecule has 6 heteroatoms. The van der Waals surface area contributed by atoms with Crippen molar-refractivity contribution in [2.45, 2.75) is 65.0 Å². The third-order valence-corrected chi connectivity index (χ3v) is 5.00. The molecule has 1 heterocycles. The summed E-state index contributed by atoms with van der Waals surface area (Å²) in [5, 5.41) is 0. The second-order valence-corrected chi connectivity index (χ2v) is 7.19. The quantitative estimate of drug-likeness (QED) is 0.606. The van der Waals surface area contributed by atoms with E-state index in [-0.39, 0.29) is 18.2 Å². The van der Waals surface area contributed by atoms with Gasteiger partial charge in [0.2, 0.25) is 0 Å². The average Bonchev–Trinajstić information content (AvgIpc) is 2.68. The molecule has 1 atom stereocenters. The van der Waals surface area contributed by atoms with E-state index in [1.54, 1.807) is 19.9 Å².